The summed E-state index contributed by atoms with van der Waals surface area (Å²) in [5.41, 5.74) is 0. The lowest BCUT2D eigenvalue weighted by Crippen LogP contribution is -1.36. The monoisotopic (exact) mass is 95.0 g/mol. The quantitative estimate of drug-likeness (QED) is 0.445. The van der Waals surface area contributed by atoms with Crippen LogP contribution in [0.3, 0.4) is 0 Å². The minimum atomic E-state index is 0. The molecule has 0 aromatic heterocycles. The molecule has 0 aliphatic heterocycles. The topological polar surface area (TPSA) is 52.1 Å². The lowest BCUT2D eigenvalue weighted by molar-refractivity contribution is -0.106. The zero-order chi connectivity index (χ0) is 2.71. The fraction of sp³-hybridized carbons (Fsp3) is 0.500. The Kier molecular flexibility index (Phi) is 148. The molecule has 0 atom stereocenters. The highest BCUT2D eigenvalue weighted by Gasteiger charge is 1.24. The molecule has 34 valence electrons. The average molecular weight is 95.2 g/mol. The smallest absolute Gasteiger partial charge is 0.116 e. The molecule has 0 aromatic rings. The van der Waals surface area contributed by atoms with Gasteiger partial charge in [0, 0.05) is 0 Å². The van der Waals surface area contributed by atoms with Crippen LogP contribution in [0.2, 0.25) is 0 Å². The minimum Gasteiger partial charge on any atom is -0.344 e. The van der Waals surface area contributed by atoms with Gasteiger partial charge < -0.3 is 10.9 Å². The molecule has 0 spiro atoms. The maximum Gasteiger partial charge on any atom is 0.116 e. The van der Waals surface area contributed by atoms with Gasteiger partial charge in [-0.3, -0.25) is 0 Å². The van der Waals surface area contributed by atoms with Crippen molar-refractivity contribution in [3.8, 4) is 0 Å². The van der Waals surface area contributed by atoms with Gasteiger partial charge in [0.1, 0.15) is 6.29 Å². The van der Waals surface area contributed by atoms with Crippen LogP contribution in [0.5, 0.6) is 0 Å². The molecule has 0 aliphatic rings. The third-order valence-corrected chi connectivity index (χ3v) is 0. The van der Waals surface area contributed by atoms with E-state index >= 15 is 0 Å². The van der Waals surface area contributed by atoms with Crippen molar-refractivity contribution in [2.24, 2.45) is 0 Å². The normalized spacial score (nSPS) is 2.60. The van der Waals surface area contributed by atoms with Gasteiger partial charge in [-0.05, 0) is 6.92 Å². The predicted octanol–water partition coefficient (Wildman–Crippen LogP) is 0.480. The first-order valence-corrected chi connectivity index (χ1v) is 0.813. The Morgan fingerprint density at radius 1 is 1.60 bits per heavy atom. The zero-order valence-electron chi connectivity index (χ0n) is 3.19. The van der Waals surface area contributed by atoms with Gasteiger partial charge in [0.25, 0.3) is 0 Å². The summed E-state index contributed by atoms with van der Waals surface area (Å²) in [7, 11) is 0. The standard InChI is InChI=1S/C2H4O.H3N.H2S/c1-2-3;;/h2H,1H3;1H3;1H2. The summed E-state index contributed by atoms with van der Waals surface area (Å²) in [4.78, 5) is 8.81. The van der Waals surface area contributed by atoms with Crippen LogP contribution in [0.4, 0.5) is 0 Å². The predicted molar refractivity (Wildman–Crippen MR) is 27.1 cm³/mol. The van der Waals surface area contributed by atoms with Gasteiger partial charge in [-0.1, -0.05) is 0 Å². The van der Waals surface area contributed by atoms with E-state index in [9.17, 15) is 0 Å². The van der Waals surface area contributed by atoms with Gasteiger partial charge in [0.05, 0.1) is 0 Å². The van der Waals surface area contributed by atoms with Crippen LogP contribution in [0.1, 0.15) is 6.92 Å². The Labute approximate surface area is 38.6 Å². The largest absolute Gasteiger partial charge is 0.344 e. The Balaban J connectivity index is -0.0000000200. The molecule has 3 N–H and O–H groups in total. The number of aldehydes is 1. The zero-order valence-corrected chi connectivity index (χ0v) is 4.19. The molecule has 0 unspecified atom stereocenters. The number of carbonyl (C=O) groups excluding carboxylic acids is 1. The number of hydrogen-bond donors (Lipinski definition) is 1. The van der Waals surface area contributed by atoms with Crippen LogP contribution in [0.15, 0.2) is 0 Å². The molecule has 0 rings (SSSR count). The lowest BCUT2D eigenvalue weighted by Gasteiger charge is -1.23. The third-order valence-electron chi connectivity index (χ3n) is 0. The van der Waals surface area contributed by atoms with Gasteiger partial charge in [-0.2, -0.15) is 13.5 Å². The summed E-state index contributed by atoms with van der Waals surface area (Å²) in [6, 6.07) is 0. The molecule has 0 heterocycles. The van der Waals surface area contributed by atoms with Gasteiger partial charge in [0.2, 0.25) is 0 Å². The van der Waals surface area contributed by atoms with Crippen LogP contribution in [-0.4, -0.2) is 6.29 Å². The fourth-order valence-electron chi connectivity index (χ4n) is 0. The highest BCUT2D eigenvalue weighted by Crippen LogP contribution is 1.13. The Hall–Kier alpha value is -0.0200. The van der Waals surface area contributed by atoms with E-state index in [1.54, 1.807) is 0 Å². The van der Waals surface area contributed by atoms with Gasteiger partial charge in [-0.25, -0.2) is 0 Å². The molecule has 3 heteroatoms. The minimum absolute atomic E-state index is 0. The van der Waals surface area contributed by atoms with E-state index in [0.717, 1.165) is 6.29 Å². The molecule has 0 saturated heterocycles. The van der Waals surface area contributed by atoms with Gasteiger partial charge in [0.15, 0.2) is 0 Å². The summed E-state index contributed by atoms with van der Waals surface area (Å²) >= 11 is 0. The van der Waals surface area contributed by atoms with Crippen LogP contribution >= 0.6 is 13.5 Å². The fourth-order valence-corrected chi connectivity index (χ4v) is 0. The van der Waals surface area contributed by atoms with Gasteiger partial charge in [-0.15, -0.1) is 0 Å². The van der Waals surface area contributed by atoms with Crippen molar-refractivity contribution < 1.29 is 4.79 Å². The summed E-state index contributed by atoms with van der Waals surface area (Å²) < 4.78 is 0. The Morgan fingerprint density at radius 2 is 1.60 bits per heavy atom. The number of rotatable bonds is 0. The average Bonchev–Trinajstić information content (AvgIpc) is 0.918. The summed E-state index contributed by atoms with van der Waals surface area (Å²) in [6.45, 7) is 1.44. The van der Waals surface area contributed by atoms with E-state index in [1.807, 2.05) is 0 Å². The summed E-state index contributed by atoms with van der Waals surface area (Å²) in [6.07, 6.45) is 0.750. The van der Waals surface area contributed by atoms with E-state index in [1.165, 1.54) is 6.92 Å². The van der Waals surface area contributed by atoms with Gasteiger partial charge >= 0.3 is 0 Å². The van der Waals surface area contributed by atoms with E-state index in [0.29, 0.717) is 0 Å². The summed E-state index contributed by atoms with van der Waals surface area (Å²) in [5, 5.41) is 0. The molecule has 5 heavy (non-hydrogen) atoms. The van der Waals surface area contributed by atoms with Crippen molar-refractivity contribution in [2.75, 3.05) is 0 Å². The SMILES string of the molecule is CC=O.N.S. The highest BCUT2D eigenvalue weighted by molar-refractivity contribution is 7.59. The maximum atomic E-state index is 8.81. The Morgan fingerprint density at radius 3 is 1.60 bits per heavy atom. The molecular weight excluding hydrogens is 86.1 g/mol. The second-order valence-corrected chi connectivity index (χ2v) is 0.236. The second kappa shape index (κ2) is 36.8. The number of carbonyl (C=O) groups is 1. The first-order chi connectivity index (χ1) is 1.41. The van der Waals surface area contributed by atoms with E-state index in [4.69, 9.17) is 4.79 Å². The molecule has 0 saturated carbocycles. The van der Waals surface area contributed by atoms with Crippen molar-refractivity contribution in [1.29, 1.82) is 0 Å². The molecule has 0 fully saturated rings. The third kappa shape index (κ3) is 39000. The van der Waals surface area contributed by atoms with Crippen molar-refractivity contribution >= 4 is 19.8 Å². The van der Waals surface area contributed by atoms with Crippen molar-refractivity contribution in [1.82, 2.24) is 6.15 Å². The first kappa shape index (κ1) is 20.1. The van der Waals surface area contributed by atoms with Crippen molar-refractivity contribution in [3.05, 3.63) is 0 Å². The molecule has 2 nitrogen and oxygen atoms in total. The molecule has 0 aromatic carbocycles. The van der Waals surface area contributed by atoms with Crippen LogP contribution in [-0.2, 0) is 4.79 Å². The van der Waals surface area contributed by atoms with Crippen LogP contribution < -0.4 is 6.15 Å². The van der Waals surface area contributed by atoms with E-state index in [2.05, 4.69) is 0 Å². The highest BCUT2D eigenvalue weighted by atomic mass is 32.1. The van der Waals surface area contributed by atoms with E-state index < -0.39 is 0 Å². The van der Waals surface area contributed by atoms with Crippen molar-refractivity contribution in [3.63, 3.8) is 0 Å². The number of hydrogen-bond acceptors (Lipinski definition) is 2. The van der Waals surface area contributed by atoms with Crippen molar-refractivity contribution in [2.45, 2.75) is 6.92 Å². The molecule has 0 radical (unpaired) electrons. The maximum absolute atomic E-state index is 8.81. The summed E-state index contributed by atoms with van der Waals surface area (Å²) in [5.74, 6) is 0. The van der Waals surface area contributed by atoms with E-state index in [-0.39, 0.29) is 19.6 Å². The Bertz CT molecular complexity index is 17.1. The lowest BCUT2D eigenvalue weighted by atomic mass is 11.0. The van der Waals surface area contributed by atoms with Crippen LogP contribution in [0.25, 0.3) is 0 Å². The van der Waals surface area contributed by atoms with Crippen LogP contribution in [0, 0.1) is 0 Å². The first-order valence-electron chi connectivity index (χ1n) is 0.813. The molecule has 0 amide bonds. The molecular formula is C2H9NOS. The molecule has 0 bridgehead atoms. The second-order valence-electron chi connectivity index (χ2n) is 0.236. The molecule has 0 aliphatic carbocycles.